The highest BCUT2D eigenvalue weighted by Crippen LogP contribution is 2.33. The van der Waals surface area contributed by atoms with Crippen molar-refractivity contribution < 1.29 is 28.5 Å². The molecular formula is C25H25ClN6O6. The fourth-order valence-electron chi connectivity index (χ4n) is 3.96. The number of aliphatic hydroxyl groups excluding tert-OH is 1. The Morgan fingerprint density at radius 2 is 2.00 bits per heavy atom. The molecular weight excluding hydrogens is 516 g/mol. The molecule has 0 bridgehead atoms. The second kappa shape index (κ2) is 9.71. The summed E-state index contributed by atoms with van der Waals surface area (Å²) in [5.41, 5.74) is 6.99. The van der Waals surface area contributed by atoms with Gasteiger partial charge in [0.2, 0.25) is 0 Å². The average Bonchev–Trinajstić information content (AvgIpc) is 3.52. The molecule has 13 heteroatoms. The van der Waals surface area contributed by atoms with Crippen LogP contribution in [0.4, 0.5) is 17.2 Å². The van der Waals surface area contributed by atoms with Crippen LogP contribution in [-0.4, -0.2) is 57.6 Å². The zero-order valence-corrected chi connectivity index (χ0v) is 21.5. The van der Waals surface area contributed by atoms with E-state index in [0.29, 0.717) is 38.8 Å². The Hall–Kier alpha value is -4.00. The number of hydrogen-bond donors (Lipinski definition) is 3. The fraction of sp³-hybridized carbons (Fsp3) is 0.320. The van der Waals surface area contributed by atoms with E-state index in [-0.39, 0.29) is 30.3 Å². The van der Waals surface area contributed by atoms with Crippen LogP contribution >= 0.6 is 11.6 Å². The number of carbonyl (C=O) groups excluding carboxylic acids is 2. The Balaban J connectivity index is 1.34. The van der Waals surface area contributed by atoms with Crippen LogP contribution in [0.3, 0.4) is 0 Å². The molecule has 1 saturated heterocycles. The first kappa shape index (κ1) is 25.6. The van der Waals surface area contributed by atoms with E-state index in [1.54, 1.807) is 30.3 Å². The van der Waals surface area contributed by atoms with E-state index < -0.39 is 24.0 Å². The fourth-order valence-corrected chi connectivity index (χ4v) is 4.16. The number of halogens is 1. The minimum atomic E-state index is -1.78. The average molecular weight is 541 g/mol. The number of aliphatic hydroxyl groups is 1. The first-order valence-electron chi connectivity index (χ1n) is 11.7. The van der Waals surface area contributed by atoms with Gasteiger partial charge in [0.05, 0.1) is 22.6 Å². The molecule has 5 rings (SSSR count). The number of morpholine rings is 1. The molecule has 2 aromatic carbocycles. The van der Waals surface area contributed by atoms with E-state index in [0.717, 1.165) is 0 Å². The number of nitrogens with two attached hydrogens (primary N) is 1. The molecule has 4 N–H and O–H groups in total. The number of hydrogen-bond acceptors (Lipinski definition) is 10. The molecule has 12 nitrogen and oxygen atoms in total. The number of anilines is 3. The molecule has 2 aromatic heterocycles. The molecule has 2 amide bonds. The Bertz CT molecular complexity index is 1530. The number of aromatic nitrogens is 3. The number of benzene rings is 2. The SMILES string of the molecule is CC(C)(C)c1noc(-c2cc(N3CCO[C@H]([C@@H](O)C(=O)Nc4ccc5c(N)noc5c4)C3=O)ccc2Cl)n1. The largest absolute Gasteiger partial charge is 0.380 e. The van der Waals surface area contributed by atoms with Crippen molar-refractivity contribution in [1.29, 1.82) is 0 Å². The third kappa shape index (κ3) is 4.80. The van der Waals surface area contributed by atoms with Gasteiger partial charge in [-0.2, -0.15) is 4.98 Å². The molecule has 0 radical (unpaired) electrons. The molecule has 0 aliphatic carbocycles. The third-order valence-electron chi connectivity index (χ3n) is 6.03. The van der Waals surface area contributed by atoms with Crippen LogP contribution in [-0.2, 0) is 19.7 Å². The second-order valence-electron chi connectivity index (χ2n) is 9.83. The van der Waals surface area contributed by atoms with Gasteiger partial charge in [0.1, 0.15) is 0 Å². The van der Waals surface area contributed by atoms with Gasteiger partial charge in [-0.05, 0) is 30.3 Å². The van der Waals surface area contributed by atoms with Gasteiger partial charge < -0.3 is 34.8 Å². The lowest BCUT2D eigenvalue weighted by molar-refractivity contribution is -0.150. The predicted molar refractivity (Wildman–Crippen MR) is 139 cm³/mol. The van der Waals surface area contributed by atoms with Crippen LogP contribution in [0.25, 0.3) is 22.4 Å². The normalized spacial score (nSPS) is 17.1. The van der Waals surface area contributed by atoms with Crippen molar-refractivity contribution in [3.8, 4) is 11.5 Å². The second-order valence-corrected chi connectivity index (χ2v) is 10.2. The van der Waals surface area contributed by atoms with E-state index in [1.807, 2.05) is 20.8 Å². The first-order valence-corrected chi connectivity index (χ1v) is 12.1. The molecule has 0 saturated carbocycles. The lowest BCUT2D eigenvalue weighted by Crippen LogP contribution is -2.55. The minimum absolute atomic E-state index is 0.0940. The van der Waals surface area contributed by atoms with E-state index in [9.17, 15) is 14.7 Å². The highest BCUT2D eigenvalue weighted by Gasteiger charge is 2.39. The standard InChI is InChI=1S/C25H25ClN6O6/c1-25(2,3)24-29-22(38-31-24)15-11-13(5-7-16(15)26)32-8-9-36-19(23(32)35)18(33)21(34)28-12-4-6-14-17(10-12)37-30-20(14)27/h4-7,10-11,18-19,33H,8-9H2,1-3H3,(H2,27,30)(H,28,34)/t18-,19-/m1/s1. The number of nitrogens with one attached hydrogen (secondary N) is 1. The lowest BCUT2D eigenvalue weighted by Gasteiger charge is -2.34. The maximum atomic E-state index is 13.3. The molecule has 3 heterocycles. The smallest absolute Gasteiger partial charge is 0.259 e. The van der Waals surface area contributed by atoms with E-state index in [1.165, 1.54) is 11.0 Å². The number of ether oxygens (including phenoxy) is 1. The number of nitrogen functional groups attached to an aromatic ring is 1. The quantitative estimate of drug-likeness (QED) is 0.341. The summed E-state index contributed by atoms with van der Waals surface area (Å²) in [6, 6.07) is 9.62. The maximum absolute atomic E-state index is 13.3. The van der Waals surface area contributed by atoms with E-state index in [2.05, 4.69) is 20.6 Å². The van der Waals surface area contributed by atoms with Crippen molar-refractivity contribution in [1.82, 2.24) is 15.3 Å². The van der Waals surface area contributed by atoms with Gasteiger partial charge >= 0.3 is 0 Å². The van der Waals surface area contributed by atoms with Gasteiger partial charge in [-0.3, -0.25) is 9.59 Å². The zero-order valence-electron chi connectivity index (χ0n) is 20.8. The highest BCUT2D eigenvalue weighted by molar-refractivity contribution is 6.33. The van der Waals surface area contributed by atoms with Crippen LogP contribution < -0.4 is 16.0 Å². The number of carbonyl (C=O) groups is 2. The Morgan fingerprint density at radius 3 is 2.74 bits per heavy atom. The summed E-state index contributed by atoms with van der Waals surface area (Å²) in [5, 5.41) is 21.9. The van der Waals surface area contributed by atoms with Gasteiger partial charge in [0.25, 0.3) is 17.7 Å². The van der Waals surface area contributed by atoms with Gasteiger partial charge in [-0.1, -0.05) is 42.7 Å². The van der Waals surface area contributed by atoms with Gasteiger partial charge in [-0.25, -0.2) is 0 Å². The lowest BCUT2D eigenvalue weighted by atomic mass is 9.96. The van der Waals surface area contributed by atoms with E-state index >= 15 is 0 Å². The van der Waals surface area contributed by atoms with Crippen LogP contribution in [0, 0.1) is 0 Å². The van der Waals surface area contributed by atoms with Gasteiger partial charge in [0, 0.05) is 29.4 Å². The molecule has 4 aromatic rings. The summed E-state index contributed by atoms with van der Waals surface area (Å²) in [7, 11) is 0. The minimum Gasteiger partial charge on any atom is -0.380 e. The zero-order chi connectivity index (χ0) is 27.2. The van der Waals surface area contributed by atoms with Crippen molar-refractivity contribution in [2.75, 3.05) is 29.1 Å². The Morgan fingerprint density at radius 1 is 1.21 bits per heavy atom. The number of nitrogens with zero attached hydrogens (tertiary/aromatic N) is 4. The summed E-state index contributed by atoms with van der Waals surface area (Å²) in [6.45, 7) is 6.16. The summed E-state index contributed by atoms with van der Waals surface area (Å²) < 4.78 is 16.0. The Kier molecular flexibility index (Phi) is 6.55. The van der Waals surface area contributed by atoms with Gasteiger partial charge in [-0.15, -0.1) is 0 Å². The third-order valence-corrected chi connectivity index (χ3v) is 6.36. The molecule has 38 heavy (non-hydrogen) atoms. The molecule has 1 fully saturated rings. The van der Waals surface area contributed by atoms with Crippen LogP contribution in [0.15, 0.2) is 45.4 Å². The van der Waals surface area contributed by atoms with Gasteiger partial charge in [0.15, 0.2) is 29.4 Å². The Labute approximate surface area is 221 Å². The highest BCUT2D eigenvalue weighted by atomic mass is 35.5. The first-order chi connectivity index (χ1) is 18.0. The topological polar surface area (TPSA) is 170 Å². The van der Waals surface area contributed by atoms with Crippen molar-refractivity contribution in [3.05, 3.63) is 47.2 Å². The van der Waals surface area contributed by atoms with Crippen molar-refractivity contribution in [3.63, 3.8) is 0 Å². The van der Waals surface area contributed by atoms with Crippen LogP contribution in [0.1, 0.15) is 26.6 Å². The molecule has 1 aliphatic heterocycles. The number of rotatable bonds is 5. The van der Waals surface area contributed by atoms with Crippen LogP contribution in [0.2, 0.25) is 5.02 Å². The summed E-state index contributed by atoms with van der Waals surface area (Å²) in [5.74, 6) is -0.472. The van der Waals surface area contributed by atoms with Crippen LogP contribution in [0.5, 0.6) is 0 Å². The summed E-state index contributed by atoms with van der Waals surface area (Å²) >= 11 is 6.40. The number of fused-ring (bicyclic) bond motifs is 1. The molecule has 1 aliphatic rings. The summed E-state index contributed by atoms with van der Waals surface area (Å²) in [4.78, 5) is 31.9. The van der Waals surface area contributed by atoms with Crippen molar-refractivity contribution in [2.45, 2.75) is 38.4 Å². The molecule has 198 valence electrons. The monoisotopic (exact) mass is 540 g/mol. The van der Waals surface area contributed by atoms with Crippen molar-refractivity contribution >= 4 is 51.6 Å². The number of amides is 2. The van der Waals surface area contributed by atoms with E-state index in [4.69, 9.17) is 31.1 Å². The molecule has 2 atom stereocenters. The summed E-state index contributed by atoms with van der Waals surface area (Å²) in [6.07, 6.45) is -3.21. The van der Waals surface area contributed by atoms with Crippen molar-refractivity contribution in [2.24, 2.45) is 0 Å². The maximum Gasteiger partial charge on any atom is 0.259 e. The molecule has 0 spiro atoms. The predicted octanol–water partition coefficient (Wildman–Crippen LogP) is 3.14. The molecule has 0 unspecified atom stereocenters.